The van der Waals surface area contributed by atoms with Crippen LogP contribution in [-0.2, 0) is 29.6 Å². The minimum Gasteiger partial charge on any atom is -0.466 e. The molecule has 0 aromatic heterocycles. The van der Waals surface area contributed by atoms with Crippen molar-refractivity contribution in [1.29, 1.82) is 0 Å². The van der Waals surface area contributed by atoms with Gasteiger partial charge in [0.15, 0.2) is 0 Å². The minimum atomic E-state index is -3.11. The van der Waals surface area contributed by atoms with Gasteiger partial charge in [0.2, 0.25) is 20.0 Å². The van der Waals surface area contributed by atoms with Gasteiger partial charge in [0.1, 0.15) is 0 Å². The van der Waals surface area contributed by atoms with E-state index in [1.807, 2.05) is 0 Å². The monoisotopic (exact) mass is 428 g/mol. The van der Waals surface area contributed by atoms with E-state index in [1.165, 1.54) is 21.1 Å². The van der Waals surface area contributed by atoms with Gasteiger partial charge >= 0.3 is 5.97 Å². The van der Waals surface area contributed by atoms with Gasteiger partial charge in [-0.2, -0.15) is 0 Å². The summed E-state index contributed by atoms with van der Waals surface area (Å²) < 4.78 is 52.3. The fourth-order valence-corrected chi connectivity index (χ4v) is 4.85. The number of aliphatic hydroxyl groups excluding tert-OH is 1. The number of piperidine rings is 2. The standard InChI is InChI=1S/C9H17NO4S.C7H15NO3S/c1-3-14-9(11)8-4-6-10(7-5-8)15(2,12)13;1-12(10,11)8-4-2-7(6-9)3-5-8/h8H,3-7H2,1-2H3;7,9H,2-6H2,1H3. The Kier molecular flexibility index (Phi) is 9.63. The molecule has 0 spiro atoms. The number of rotatable bonds is 5. The van der Waals surface area contributed by atoms with Crippen LogP contribution in [-0.4, -0.2) is 88.4 Å². The third-order valence-corrected chi connectivity index (χ3v) is 7.45. The SMILES string of the molecule is CCOC(=O)C1CCN(S(C)(=O)=O)CC1.CS(=O)(=O)N1CCC(CO)CC1. The first-order chi connectivity index (χ1) is 12.5. The topological polar surface area (TPSA) is 121 Å². The van der Waals surface area contributed by atoms with Crippen molar-refractivity contribution in [3.05, 3.63) is 0 Å². The van der Waals surface area contributed by atoms with Crippen LogP contribution in [0.25, 0.3) is 0 Å². The van der Waals surface area contributed by atoms with E-state index in [9.17, 15) is 21.6 Å². The predicted octanol–water partition coefficient (Wildman–Crippen LogP) is -0.129. The number of aliphatic hydroxyl groups is 1. The fourth-order valence-electron chi connectivity index (χ4n) is 3.11. The lowest BCUT2D eigenvalue weighted by Gasteiger charge is -2.28. The van der Waals surface area contributed by atoms with Crippen molar-refractivity contribution in [2.75, 3.05) is 51.9 Å². The number of sulfonamides is 2. The maximum atomic E-state index is 11.4. The lowest BCUT2D eigenvalue weighted by atomic mass is 9.98. The van der Waals surface area contributed by atoms with E-state index < -0.39 is 20.0 Å². The van der Waals surface area contributed by atoms with Crippen molar-refractivity contribution in [3.8, 4) is 0 Å². The Labute approximate surface area is 162 Å². The number of hydrogen-bond donors (Lipinski definition) is 1. The van der Waals surface area contributed by atoms with E-state index in [2.05, 4.69) is 0 Å². The molecule has 2 heterocycles. The lowest BCUT2D eigenvalue weighted by molar-refractivity contribution is -0.149. The smallest absolute Gasteiger partial charge is 0.309 e. The number of hydrogen-bond acceptors (Lipinski definition) is 7. The Morgan fingerprint density at radius 1 is 0.926 bits per heavy atom. The molecule has 1 N–H and O–H groups in total. The van der Waals surface area contributed by atoms with Gasteiger partial charge < -0.3 is 9.84 Å². The van der Waals surface area contributed by atoms with E-state index in [0.717, 1.165) is 12.8 Å². The van der Waals surface area contributed by atoms with Crippen LogP contribution in [0.15, 0.2) is 0 Å². The first-order valence-electron chi connectivity index (χ1n) is 9.16. The first kappa shape index (κ1) is 24.3. The van der Waals surface area contributed by atoms with E-state index in [4.69, 9.17) is 9.84 Å². The second-order valence-corrected chi connectivity index (χ2v) is 10.9. The number of esters is 1. The summed E-state index contributed by atoms with van der Waals surface area (Å²) in [5, 5.41) is 8.81. The summed E-state index contributed by atoms with van der Waals surface area (Å²) in [7, 11) is -6.11. The van der Waals surface area contributed by atoms with Gasteiger partial charge in [0, 0.05) is 32.8 Å². The molecule has 2 aliphatic heterocycles. The quantitative estimate of drug-likeness (QED) is 0.606. The average Bonchev–Trinajstić information content (AvgIpc) is 2.61. The molecule has 160 valence electrons. The van der Waals surface area contributed by atoms with Gasteiger partial charge in [-0.15, -0.1) is 0 Å². The molecule has 0 saturated carbocycles. The van der Waals surface area contributed by atoms with Crippen LogP contribution in [0, 0.1) is 11.8 Å². The van der Waals surface area contributed by atoms with Gasteiger partial charge in [-0.1, -0.05) is 0 Å². The molecule has 2 fully saturated rings. The Hall–Kier alpha value is -0.750. The maximum Gasteiger partial charge on any atom is 0.309 e. The summed E-state index contributed by atoms with van der Waals surface area (Å²) in [4.78, 5) is 11.4. The molecular weight excluding hydrogens is 396 g/mol. The van der Waals surface area contributed by atoms with Crippen LogP contribution in [0.3, 0.4) is 0 Å². The van der Waals surface area contributed by atoms with Gasteiger partial charge in [0.05, 0.1) is 25.0 Å². The summed E-state index contributed by atoms with van der Waals surface area (Å²) in [6.45, 7) is 4.28. The highest BCUT2D eigenvalue weighted by Gasteiger charge is 2.29. The van der Waals surface area contributed by atoms with Crippen LogP contribution in [0.1, 0.15) is 32.6 Å². The molecule has 0 atom stereocenters. The second-order valence-electron chi connectivity index (χ2n) is 6.98. The molecule has 9 nitrogen and oxygen atoms in total. The third kappa shape index (κ3) is 8.43. The van der Waals surface area contributed by atoms with Crippen molar-refractivity contribution in [2.45, 2.75) is 32.6 Å². The van der Waals surface area contributed by atoms with Crippen LogP contribution in [0.2, 0.25) is 0 Å². The highest BCUT2D eigenvalue weighted by molar-refractivity contribution is 7.88. The summed E-state index contributed by atoms with van der Waals surface area (Å²) in [5.74, 6) is -0.0448. The lowest BCUT2D eigenvalue weighted by Crippen LogP contribution is -2.40. The van der Waals surface area contributed by atoms with Crippen molar-refractivity contribution >= 4 is 26.0 Å². The Morgan fingerprint density at radius 2 is 1.33 bits per heavy atom. The van der Waals surface area contributed by atoms with Crippen LogP contribution in [0.4, 0.5) is 0 Å². The first-order valence-corrected chi connectivity index (χ1v) is 12.9. The average molecular weight is 429 g/mol. The molecule has 0 bridgehead atoms. The van der Waals surface area contributed by atoms with Crippen molar-refractivity contribution in [2.24, 2.45) is 11.8 Å². The number of ether oxygens (including phenoxy) is 1. The Bertz CT molecular complexity index is 663. The largest absolute Gasteiger partial charge is 0.466 e. The number of carbonyl (C=O) groups excluding carboxylic acids is 1. The molecule has 0 amide bonds. The van der Waals surface area contributed by atoms with E-state index >= 15 is 0 Å². The molecule has 11 heteroatoms. The third-order valence-electron chi connectivity index (χ3n) is 4.84. The summed E-state index contributed by atoms with van der Waals surface area (Å²) >= 11 is 0. The van der Waals surface area contributed by atoms with Crippen LogP contribution >= 0.6 is 0 Å². The van der Waals surface area contributed by atoms with Crippen molar-refractivity contribution in [1.82, 2.24) is 8.61 Å². The highest BCUT2D eigenvalue weighted by Crippen LogP contribution is 2.20. The molecule has 0 radical (unpaired) electrons. The Balaban J connectivity index is 0.000000277. The van der Waals surface area contributed by atoms with Crippen molar-refractivity contribution < 1.29 is 31.5 Å². The highest BCUT2D eigenvalue weighted by atomic mass is 32.2. The molecule has 2 saturated heterocycles. The number of nitrogens with zero attached hydrogens (tertiary/aromatic N) is 2. The zero-order chi connectivity index (χ0) is 20.7. The zero-order valence-electron chi connectivity index (χ0n) is 16.3. The van der Waals surface area contributed by atoms with E-state index in [0.29, 0.717) is 51.5 Å². The maximum absolute atomic E-state index is 11.4. The summed E-state index contributed by atoms with van der Waals surface area (Å²) in [5.41, 5.74) is 0. The zero-order valence-corrected chi connectivity index (χ0v) is 18.0. The minimum absolute atomic E-state index is 0.136. The number of carbonyl (C=O) groups is 1. The molecule has 27 heavy (non-hydrogen) atoms. The Morgan fingerprint density at radius 3 is 1.67 bits per heavy atom. The van der Waals surface area contributed by atoms with Gasteiger partial charge in [-0.25, -0.2) is 25.4 Å². The van der Waals surface area contributed by atoms with E-state index in [1.54, 1.807) is 6.92 Å². The predicted molar refractivity (Wildman–Crippen MR) is 102 cm³/mol. The summed E-state index contributed by atoms with van der Waals surface area (Å²) in [6.07, 6.45) is 5.11. The molecular formula is C16H32N2O7S2. The second kappa shape index (κ2) is 10.7. The molecule has 0 aromatic rings. The van der Waals surface area contributed by atoms with Gasteiger partial charge in [-0.05, 0) is 38.5 Å². The van der Waals surface area contributed by atoms with Gasteiger partial charge in [0.25, 0.3) is 0 Å². The molecule has 2 aliphatic rings. The van der Waals surface area contributed by atoms with Crippen molar-refractivity contribution in [3.63, 3.8) is 0 Å². The van der Waals surface area contributed by atoms with Crippen LogP contribution in [0.5, 0.6) is 0 Å². The fraction of sp³-hybridized carbons (Fsp3) is 0.938. The van der Waals surface area contributed by atoms with E-state index in [-0.39, 0.29) is 18.5 Å². The molecule has 0 aliphatic carbocycles. The normalized spacial score (nSPS) is 21.3. The van der Waals surface area contributed by atoms with Gasteiger partial charge in [-0.3, -0.25) is 4.79 Å². The molecule has 0 unspecified atom stereocenters. The van der Waals surface area contributed by atoms with Crippen LogP contribution < -0.4 is 0 Å². The summed E-state index contributed by atoms with van der Waals surface area (Å²) in [6, 6.07) is 0. The molecule has 2 rings (SSSR count). The molecule has 0 aromatic carbocycles.